The lowest BCUT2D eigenvalue weighted by Crippen LogP contribution is -2.05. The van der Waals surface area contributed by atoms with Crippen molar-refractivity contribution in [2.45, 2.75) is 19.6 Å². The zero-order chi connectivity index (χ0) is 15.4. The normalized spacial score (nSPS) is 12.0. The molecule has 0 heterocycles. The van der Waals surface area contributed by atoms with Crippen LogP contribution in [0.5, 0.6) is 5.75 Å². The summed E-state index contributed by atoms with van der Waals surface area (Å²) in [5.41, 5.74) is 7.44. The highest BCUT2D eigenvalue weighted by Gasteiger charge is 2.10. The van der Waals surface area contributed by atoms with E-state index < -0.39 is 4.92 Å². The van der Waals surface area contributed by atoms with Crippen molar-refractivity contribution in [1.82, 2.24) is 0 Å². The van der Waals surface area contributed by atoms with Gasteiger partial charge < -0.3 is 10.5 Å². The number of non-ortho nitro benzene ring substituents is 1. The van der Waals surface area contributed by atoms with Crippen LogP contribution < -0.4 is 10.5 Å². The summed E-state index contributed by atoms with van der Waals surface area (Å²) in [6.07, 6.45) is 0. The molecule has 0 aromatic heterocycles. The van der Waals surface area contributed by atoms with Crippen LogP contribution in [0.1, 0.15) is 24.1 Å². The molecule has 0 aliphatic heterocycles. The fraction of sp³-hybridized carbons (Fsp3) is 0.200. The Kier molecular flexibility index (Phi) is 4.77. The van der Waals surface area contributed by atoms with Crippen molar-refractivity contribution in [3.63, 3.8) is 0 Å². The van der Waals surface area contributed by atoms with Crippen molar-refractivity contribution in [2.24, 2.45) is 5.73 Å². The molecule has 0 spiro atoms. The van der Waals surface area contributed by atoms with Gasteiger partial charge in [-0.3, -0.25) is 10.1 Å². The van der Waals surface area contributed by atoms with Crippen LogP contribution in [0.15, 0.2) is 42.5 Å². The van der Waals surface area contributed by atoms with Gasteiger partial charge in [0.2, 0.25) is 0 Å². The van der Waals surface area contributed by atoms with E-state index in [0.717, 1.165) is 5.56 Å². The molecule has 0 radical (unpaired) electrons. The van der Waals surface area contributed by atoms with E-state index in [1.165, 1.54) is 12.1 Å². The molecule has 21 heavy (non-hydrogen) atoms. The lowest BCUT2D eigenvalue weighted by Gasteiger charge is -2.10. The van der Waals surface area contributed by atoms with Crippen molar-refractivity contribution in [3.8, 4) is 5.75 Å². The van der Waals surface area contributed by atoms with Crippen LogP contribution >= 0.6 is 11.6 Å². The summed E-state index contributed by atoms with van der Waals surface area (Å²) in [6.45, 7) is 2.13. The smallest absolute Gasteiger partial charge is 0.270 e. The third-order valence-corrected chi connectivity index (χ3v) is 3.38. The Morgan fingerprint density at radius 2 is 2.10 bits per heavy atom. The average Bonchev–Trinajstić information content (AvgIpc) is 2.46. The second kappa shape index (κ2) is 6.56. The fourth-order valence-corrected chi connectivity index (χ4v) is 2.04. The zero-order valence-electron chi connectivity index (χ0n) is 11.5. The third-order valence-electron chi connectivity index (χ3n) is 3.03. The number of halogens is 1. The molecule has 0 saturated heterocycles. The number of hydrogen-bond donors (Lipinski definition) is 1. The summed E-state index contributed by atoms with van der Waals surface area (Å²) in [4.78, 5) is 10.2. The lowest BCUT2D eigenvalue weighted by atomic mass is 10.1. The number of rotatable bonds is 5. The van der Waals surface area contributed by atoms with Gasteiger partial charge in [0.1, 0.15) is 12.4 Å². The molecule has 0 aliphatic rings. The van der Waals surface area contributed by atoms with E-state index in [9.17, 15) is 10.1 Å². The Hall–Kier alpha value is -2.11. The first-order chi connectivity index (χ1) is 9.97. The molecule has 0 fully saturated rings. The minimum Gasteiger partial charge on any atom is -0.489 e. The Morgan fingerprint density at radius 3 is 2.71 bits per heavy atom. The predicted octanol–water partition coefficient (Wildman–Crippen LogP) is 3.85. The minimum absolute atomic E-state index is 0.0392. The van der Waals surface area contributed by atoms with Crippen molar-refractivity contribution < 1.29 is 9.66 Å². The summed E-state index contributed by atoms with van der Waals surface area (Å²) in [6, 6.07) is 11.7. The summed E-state index contributed by atoms with van der Waals surface area (Å²) in [5, 5.41) is 11.0. The molecule has 0 unspecified atom stereocenters. The quantitative estimate of drug-likeness (QED) is 0.672. The lowest BCUT2D eigenvalue weighted by molar-refractivity contribution is -0.384. The molecule has 6 heteroatoms. The maximum Gasteiger partial charge on any atom is 0.270 e. The molecule has 2 rings (SSSR count). The predicted molar refractivity (Wildman–Crippen MR) is 81.5 cm³/mol. The minimum atomic E-state index is -0.484. The largest absolute Gasteiger partial charge is 0.489 e. The Bertz CT molecular complexity index is 659. The maximum absolute atomic E-state index is 10.6. The Balaban J connectivity index is 2.09. The van der Waals surface area contributed by atoms with Gasteiger partial charge >= 0.3 is 0 Å². The number of benzene rings is 2. The molecule has 2 aromatic carbocycles. The molecule has 0 saturated carbocycles. The number of nitrogens with two attached hydrogens (primary N) is 1. The summed E-state index contributed by atoms with van der Waals surface area (Å²) in [7, 11) is 0. The first-order valence-electron chi connectivity index (χ1n) is 6.38. The van der Waals surface area contributed by atoms with Crippen molar-refractivity contribution in [3.05, 3.63) is 68.7 Å². The maximum atomic E-state index is 10.6. The van der Waals surface area contributed by atoms with Crippen molar-refractivity contribution >= 4 is 17.3 Å². The number of nitrogens with zero attached hydrogens (tertiary/aromatic N) is 1. The Morgan fingerprint density at radius 1 is 1.33 bits per heavy atom. The third kappa shape index (κ3) is 3.93. The van der Waals surface area contributed by atoms with Crippen LogP contribution in [0.25, 0.3) is 0 Å². The molecule has 0 bridgehead atoms. The van der Waals surface area contributed by atoms with Crippen molar-refractivity contribution in [2.75, 3.05) is 0 Å². The summed E-state index contributed by atoms with van der Waals surface area (Å²) in [5.74, 6) is 0.680. The van der Waals surface area contributed by atoms with E-state index in [1.54, 1.807) is 6.07 Å². The molecule has 1 atom stereocenters. The zero-order valence-corrected chi connectivity index (χ0v) is 12.2. The highest BCUT2D eigenvalue weighted by Crippen LogP contribution is 2.24. The van der Waals surface area contributed by atoms with Gasteiger partial charge in [0, 0.05) is 23.7 Å². The molecular weight excluding hydrogens is 292 g/mol. The van der Waals surface area contributed by atoms with E-state index in [4.69, 9.17) is 22.1 Å². The van der Waals surface area contributed by atoms with E-state index in [1.807, 2.05) is 31.2 Å². The molecule has 2 aromatic rings. The first kappa shape index (κ1) is 15.3. The van der Waals surface area contributed by atoms with Crippen LogP contribution in [0, 0.1) is 10.1 Å². The number of nitro benzene ring substituents is 1. The highest BCUT2D eigenvalue weighted by atomic mass is 35.5. The van der Waals surface area contributed by atoms with Crippen LogP contribution in [0.2, 0.25) is 5.02 Å². The molecule has 5 nitrogen and oxygen atoms in total. The van der Waals surface area contributed by atoms with Gasteiger partial charge in [0.25, 0.3) is 5.69 Å². The number of hydrogen-bond acceptors (Lipinski definition) is 4. The standard InChI is InChI=1S/C15H15ClN2O3/c1-10(17)11-3-2-4-14(7-11)21-9-12-5-6-13(18(19)20)8-15(12)16/h2-8,10H,9,17H2,1H3/t10-/m1/s1. The first-order valence-corrected chi connectivity index (χ1v) is 6.76. The average molecular weight is 307 g/mol. The topological polar surface area (TPSA) is 78.4 Å². The van der Waals surface area contributed by atoms with Gasteiger partial charge in [-0.15, -0.1) is 0 Å². The van der Waals surface area contributed by atoms with Crippen LogP contribution in [0.3, 0.4) is 0 Å². The second-order valence-electron chi connectivity index (χ2n) is 4.68. The Labute approximate surface area is 127 Å². The SMILES string of the molecule is C[C@@H](N)c1cccc(OCc2ccc([N+](=O)[O-])cc2Cl)c1. The molecule has 0 aliphatic carbocycles. The van der Waals surface area contributed by atoms with Crippen LogP contribution in [0.4, 0.5) is 5.69 Å². The second-order valence-corrected chi connectivity index (χ2v) is 5.09. The summed E-state index contributed by atoms with van der Waals surface area (Å²) >= 11 is 6.02. The van der Waals surface area contributed by atoms with Gasteiger partial charge in [0.15, 0.2) is 0 Å². The monoisotopic (exact) mass is 306 g/mol. The fourth-order valence-electron chi connectivity index (χ4n) is 1.82. The van der Waals surface area contributed by atoms with Crippen molar-refractivity contribution in [1.29, 1.82) is 0 Å². The van der Waals surface area contributed by atoms with E-state index in [2.05, 4.69) is 0 Å². The van der Waals surface area contributed by atoms with E-state index >= 15 is 0 Å². The molecule has 110 valence electrons. The van der Waals surface area contributed by atoms with Gasteiger partial charge in [0.05, 0.1) is 9.95 Å². The van der Waals surface area contributed by atoms with Crippen LogP contribution in [-0.2, 0) is 6.61 Å². The van der Waals surface area contributed by atoms with Gasteiger partial charge in [-0.1, -0.05) is 23.7 Å². The number of ether oxygens (including phenoxy) is 1. The number of nitro groups is 1. The summed E-state index contributed by atoms with van der Waals surface area (Å²) < 4.78 is 5.65. The van der Waals surface area contributed by atoms with Gasteiger partial charge in [-0.2, -0.15) is 0 Å². The molecule has 2 N–H and O–H groups in total. The van der Waals surface area contributed by atoms with E-state index in [-0.39, 0.29) is 18.3 Å². The van der Waals surface area contributed by atoms with Crippen LogP contribution in [-0.4, -0.2) is 4.92 Å². The van der Waals surface area contributed by atoms with E-state index in [0.29, 0.717) is 16.3 Å². The van der Waals surface area contributed by atoms with Gasteiger partial charge in [-0.25, -0.2) is 0 Å². The highest BCUT2D eigenvalue weighted by molar-refractivity contribution is 6.31. The molecule has 0 amide bonds. The molecular formula is C15H15ClN2O3. The van der Waals surface area contributed by atoms with Gasteiger partial charge in [-0.05, 0) is 30.7 Å².